The molecule has 0 bridgehead atoms. The summed E-state index contributed by atoms with van der Waals surface area (Å²) in [5.74, 6) is 1.77. The molecule has 0 aliphatic carbocycles. The molecule has 3 rings (SSSR count). The largest absolute Gasteiger partial charge is 0.360 e. The van der Waals surface area contributed by atoms with Crippen molar-refractivity contribution in [1.29, 1.82) is 0 Å². The SMILES string of the molecule is [Cl][Fe-]([Cl])([Cl])[Cl].c1ccc(-c2cccc(-c3ccccc3)[o+]2)cc1. The van der Waals surface area contributed by atoms with E-state index < -0.39 is 9.20 Å². The Morgan fingerprint density at radius 2 is 0.870 bits per heavy atom. The van der Waals surface area contributed by atoms with E-state index in [4.69, 9.17) is 44.8 Å². The van der Waals surface area contributed by atoms with Gasteiger partial charge in [0.25, 0.3) is 0 Å². The molecule has 0 saturated carbocycles. The van der Waals surface area contributed by atoms with Crippen LogP contribution in [0.25, 0.3) is 22.6 Å². The molecule has 123 valence electrons. The van der Waals surface area contributed by atoms with E-state index in [0.717, 1.165) is 22.6 Å². The van der Waals surface area contributed by atoms with Gasteiger partial charge in [0.15, 0.2) is 0 Å². The molecule has 2 aromatic carbocycles. The van der Waals surface area contributed by atoms with Crippen molar-refractivity contribution < 1.29 is 13.6 Å². The molecule has 0 atom stereocenters. The zero-order valence-electron chi connectivity index (χ0n) is 11.8. The average molecular weight is 431 g/mol. The molecule has 0 aliphatic rings. The molecule has 0 amide bonds. The van der Waals surface area contributed by atoms with Gasteiger partial charge < -0.3 is 0 Å². The second-order valence-electron chi connectivity index (χ2n) is 4.39. The number of rotatable bonds is 2. The average Bonchev–Trinajstić information content (AvgIpc) is 2.55. The Morgan fingerprint density at radius 1 is 0.522 bits per heavy atom. The molecule has 3 aromatic rings. The zero-order chi connectivity index (χ0) is 16.7. The van der Waals surface area contributed by atoms with Crippen molar-refractivity contribution in [2.75, 3.05) is 0 Å². The molecular weight excluding hydrogens is 418 g/mol. The fraction of sp³-hybridized carbons (Fsp3) is 0. The fourth-order valence-electron chi connectivity index (χ4n) is 1.92. The van der Waals surface area contributed by atoms with Crippen LogP contribution >= 0.6 is 40.4 Å². The molecule has 0 fully saturated rings. The molecule has 1 nitrogen and oxygen atoms in total. The number of hydrogen-bond donors (Lipinski definition) is 0. The van der Waals surface area contributed by atoms with Crippen LogP contribution in [0.15, 0.2) is 83.3 Å². The van der Waals surface area contributed by atoms with Crippen LogP contribution in [0.4, 0.5) is 0 Å². The molecule has 0 radical (unpaired) electrons. The van der Waals surface area contributed by atoms with Crippen molar-refractivity contribution in [3.8, 4) is 22.6 Å². The smallest absolute Gasteiger partial charge is 0.207 e. The van der Waals surface area contributed by atoms with E-state index in [-0.39, 0.29) is 0 Å². The van der Waals surface area contributed by atoms with E-state index in [1.807, 2.05) is 78.9 Å². The number of halogens is 4. The maximum absolute atomic E-state index is 5.95. The van der Waals surface area contributed by atoms with Crippen LogP contribution in [0.3, 0.4) is 0 Å². The minimum absolute atomic E-state index is 0.886. The van der Waals surface area contributed by atoms with Gasteiger partial charge in [-0.05, 0) is 30.3 Å². The Bertz CT molecular complexity index is 670. The van der Waals surface area contributed by atoms with Gasteiger partial charge in [-0.3, -0.25) is 0 Å². The summed E-state index contributed by atoms with van der Waals surface area (Å²) in [5.41, 5.74) is 2.19. The van der Waals surface area contributed by atoms with E-state index in [2.05, 4.69) is 0 Å². The third-order valence-corrected chi connectivity index (χ3v) is 2.83. The van der Waals surface area contributed by atoms with Crippen LogP contribution in [0.2, 0.25) is 0 Å². The predicted molar refractivity (Wildman–Crippen MR) is 97.4 cm³/mol. The summed E-state index contributed by atoms with van der Waals surface area (Å²) in [6, 6.07) is 26.3. The van der Waals surface area contributed by atoms with Crippen LogP contribution < -0.4 is 0 Å². The Hall–Kier alpha value is -0.731. The van der Waals surface area contributed by atoms with Crippen molar-refractivity contribution in [3.05, 3.63) is 78.9 Å². The third kappa shape index (κ3) is 7.14. The summed E-state index contributed by atoms with van der Waals surface area (Å²) in [7, 11) is 17.2. The van der Waals surface area contributed by atoms with Crippen molar-refractivity contribution in [2.45, 2.75) is 0 Å². The number of hydrogen-bond acceptors (Lipinski definition) is 0. The maximum Gasteiger partial charge on any atom is 0.360 e. The summed E-state index contributed by atoms with van der Waals surface area (Å²) >= 11 is 0. The Kier molecular flexibility index (Phi) is 7.23. The Balaban J connectivity index is 0.000000338. The minimum atomic E-state index is -2.61. The first-order valence-corrected chi connectivity index (χ1v) is 12.6. The topological polar surface area (TPSA) is 11.3 Å². The Morgan fingerprint density at radius 3 is 1.22 bits per heavy atom. The summed E-state index contributed by atoms with van der Waals surface area (Å²) in [4.78, 5) is 0. The molecule has 0 unspecified atom stereocenters. The van der Waals surface area contributed by atoms with Gasteiger partial charge >= 0.3 is 61.1 Å². The molecular formula is C17H13Cl4FeO. The maximum atomic E-state index is 5.95. The first kappa shape index (κ1) is 18.6. The second-order valence-corrected chi connectivity index (χ2v) is 15.3. The summed E-state index contributed by atoms with van der Waals surface area (Å²) < 4.78 is 5.95. The van der Waals surface area contributed by atoms with Gasteiger partial charge in [-0.1, -0.05) is 36.4 Å². The number of benzene rings is 2. The summed E-state index contributed by atoms with van der Waals surface area (Å²) in [5, 5.41) is 0. The summed E-state index contributed by atoms with van der Waals surface area (Å²) in [6.45, 7) is 0. The van der Waals surface area contributed by atoms with E-state index in [1.165, 1.54) is 0 Å². The van der Waals surface area contributed by atoms with Crippen LogP contribution in [0.1, 0.15) is 0 Å². The van der Waals surface area contributed by atoms with Gasteiger partial charge in [-0.2, -0.15) is 0 Å². The van der Waals surface area contributed by atoms with E-state index in [9.17, 15) is 0 Å². The van der Waals surface area contributed by atoms with Gasteiger partial charge in [-0.15, -0.1) is 0 Å². The normalized spacial score (nSPS) is 11.3. The molecule has 0 spiro atoms. The van der Waals surface area contributed by atoms with Crippen molar-refractivity contribution >= 4 is 40.4 Å². The fourth-order valence-corrected chi connectivity index (χ4v) is 1.92. The van der Waals surface area contributed by atoms with Gasteiger partial charge in [0.1, 0.15) is 0 Å². The van der Waals surface area contributed by atoms with Crippen LogP contribution in [0.5, 0.6) is 0 Å². The predicted octanol–water partition coefficient (Wildman–Crippen LogP) is 7.65. The molecule has 6 heteroatoms. The molecule has 23 heavy (non-hydrogen) atoms. The van der Waals surface area contributed by atoms with E-state index in [1.54, 1.807) is 0 Å². The minimum Gasteiger partial charge on any atom is -0.207 e. The van der Waals surface area contributed by atoms with Crippen molar-refractivity contribution in [1.82, 2.24) is 0 Å². The molecule has 1 heterocycles. The molecule has 0 N–H and O–H groups in total. The molecule has 1 aromatic heterocycles. The quantitative estimate of drug-likeness (QED) is 0.300. The van der Waals surface area contributed by atoms with Gasteiger partial charge in [0, 0.05) is 12.1 Å². The van der Waals surface area contributed by atoms with Crippen LogP contribution in [-0.2, 0) is 9.20 Å². The molecule has 0 aliphatic heterocycles. The monoisotopic (exact) mass is 429 g/mol. The van der Waals surface area contributed by atoms with Gasteiger partial charge in [-0.25, -0.2) is 4.42 Å². The van der Waals surface area contributed by atoms with Gasteiger partial charge in [0.05, 0.1) is 11.1 Å². The van der Waals surface area contributed by atoms with Gasteiger partial charge in [0.2, 0.25) is 0 Å². The second kappa shape index (κ2) is 8.94. The first-order chi connectivity index (χ1) is 10.9. The van der Waals surface area contributed by atoms with E-state index >= 15 is 0 Å². The standard InChI is InChI=1S/C17H13O.4ClH.Fe/c1-3-8-14(9-4-1)16-12-7-13-17(18-16)15-10-5-2-6-11-15;;;;;/h1-13H;4*1H;/q+1;;;;;+3/p-4. The van der Waals surface area contributed by atoms with E-state index in [0.29, 0.717) is 0 Å². The van der Waals surface area contributed by atoms with Crippen molar-refractivity contribution in [3.63, 3.8) is 0 Å². The van der Waals surface area contributed by atoms with Crippen LogP contribution in [0, 0.1) is 0 Å². The van der Waals surface area contributed by atoms with Crippen LogP contribution in [-0.4, -0.2) is 0 Å². The summed E-state index contributed by atoms with van der Waals surface area (Å²) in [6.07, 6.45) is 0. The first-order valence-electron chi connectivity index (χ1n) is 6.51. The third-order valence-electron chi connectivity index (χ3n) is 2.83. The Labute approximate surface area is 154 Å². The molecule has 0 saturated heterocycles. The van der Waals surface area contributed by atoms with Crippen molar-refractivity contribution in [2.24, 2.45) is 0 Å². The zero-order valence-corrected chi connectivity index (χ0v) is 15.9.